The Balaban J connectivity index is 1.40. The van der Waals surface area contributed by atoms with Crippen molar-refractivity contribution in [1.29, 1.82) is 0 Å². The van der Waals surface area contributed by atoms with Gasteiger partial charge in [0, 0.05) is 23.0 Å². The molecule has 3 aromatic rings. The van der Waals surface area contributed by atoms with Gasteiger partial charge in [0.1, 0.15) is 0 Å². The second-order valence-corrected chi connectivity index (χ2v) is 8.96. The first-order valence-electron chi connectivity index (χ1n) is 11.8. The van der Waals surface area contributed by atoms with Gasteiger partial charge in [-0.05, 0) is 75.9 Å². The molecule has 2 fully saturated rings. The summed E-state index contributed by atoms with van der Waals surface area (Å²) in [5.74, 6) is 0. The number of nitrogens with zero attached hydrogens (tertiary/aromatic N) is 2. The zero-order valence-corrected chi connectivity index (χ0v) is 17.9. The molecule has 1 N–H and O–H groups in total. The van der Waals surface area contributed by atoms with E-state index in [1.165, 1.54) is 74.7 Å². The van der Waals surface area contributed by atoms with E-state index >= 15 is 0 Å². The van der Waals surface area contributed by atoms with Gasteiger partial charge in [0.2, 0.25) is 0 Å². The summed E-state index contributed by atoms with van der Waals surface area (Å²) in [7, 11) is 0. The Labute approximate surface area is 180 Å². The molecule has 2 aliphatic heterocycles. The first-order chi connectivity index (χ1) is 14.9. The standard InChI is InChI=1S/C27H33N3/c1-2-8-21(9-3-1)27-20-22(25-11-4-5-12-26(25)29-27)13-14-23-10-6-7-19-30(23)24-15-17-28-18-16-24/h1-5,8-9,11-12,20,23-24,28H,6-7,10,13-19H2. The van der Waals surface area contributed by atoms with Gasteiger partial charge in [-0.25, -0.2) is 4.98 Å². The van der Waals surface area contributed by atoms with E-state index in [0.717, 1.165) is 29.7 Å². The summed E-state index contributed by atoms with van der Waals surface area (Å²) in [6.07, 6.45) is 9.13. The first-order valence-corrected chi connectivity index (χ1v) is 11.8. The monoisotopic (exact) mass is 399 g/mol. The lowest BCUT2D eigenvalue weighted by atomic mass is 9.91. The van der Waals surface area contributed by atoms with Gasteiger partial charge in [-0.1, -0.05) is 55.0 Å². The second kappa shape index (κ2) is 9.28. The maximum absolute atomic E-state index is 4.97. The molecule has 30 heavy (non-hydrogen) atoms. The van der Waals surface area contributed by atoms with E-state index in [4.69, 9.17) is 4.98 Å². The maximum atomic E-state index is 4.97. The van der Waals surface area contributed by atoms with Crippen molar-refractivity contribution in [2.45, 2.75) is 57.0 Å². The number of nitrogens with one attached hydrogen (secondary N) is 1. The lowest BCUT2D eigenvalue weighted by molar-refractivity contribution is 0.0717. The number of benzene rings is 2. The molecule has 1 aromatic heterocycles. The van der Waals surface area contributed by atoms with Crippen LogP contribution in [0.5, 0.6) is 0 Å². The molecule has 0 radical (unpaired) electrons. The van der Waals surface area contributed by atoms with E-state index in [1.807, 2.05) is 0 Å². The molecule has 1 unspecified atom stereocenters. The Bertz CT molecular complexity index is 962. The fourth-order valence-electron chi connectivity index (χ4n) is 5.49. The predicted octanol–water partition coefficient (Wildman–Crippen LogP) is 5.44. The zero-order chi connectivity index (χ0) is 20.2. The van der Waals surface area contributed by atoms with Crippen molar-refractivity contribution in [2.75, 3.05) is 19.6 Å². The Morgan fingerprint density at radius 3 is 2.57 bits per heavy atom. The summed E-state index contributed by atoms with van der Waals surface area (Å²) >= 11 is 0. The first kappa shape index (κ1) is 19.7. The number of aryl methyl sites for hydroxylation is 1. The number of aromatic nitrogens is 1. The van der Waals surface area contributed by atoms with Crippen molar-refractivity contribution < 1.29 is 0 Å². The Kier molecular flexibility index (Phi) is 6.10. The van der Waals surface area contributed by atoms with Crippen LogP contribution in [-0.2, 0) is 6.42 Å². The van der Waals surface area contributed by atoms with Crippen LogP contribution in [-0.4, -0.2) is 41.6 Å². The van der Waals surface area contributed by atoms with Crippen LogP contribution in [0.15, 0.2) is 60.7 Å². The molecule has 1 atom stereocenters. The zero-order valence-electron chi connectivity index (χ0n) is 17.9. The smallest absolute Gasteiger partial charge is 0.0712 e. The number of hydrogen-bond donors (Lipinski definition) is 1. The molecule has 3 heteroatoms. The quantitative estimate of drug-likeness (QED) is 0.619. The highest BCUT2D eigenvalue weighted by Gasteiger charge is 2.29. The van der Waals surface area contributed by atoms with Gasteiger partial charge in [-0.15, -0.1) is 0 Å². The Hall–Kier alpha value is -2.23. The molecule has 3 heterocycles. The summed E-state index contributed by atoms with van der Waals surface area (Å²) in [5.41, 5.74) is 4.88. The van der Waals surface area contributed by atoms with Crippen LogP contribution in [0.25, 0.3) is 22.2 Å². The summed E-state index contributed by atoms with van der Waals surface area (Å²) in [5, 5.41) is 4.86. The molecule has 2 aliphatic rings. The number of hydrogen-bond acceptors (Lipinski definition) is 3. The topological polar surface area (TPSA) is 28.2 Å². The minimum Gasteiger partial charge on any atom is -0.317 e. The van der Waals surface area contributed by atoms with Crippen LogP contribution < -0.4 is 5.32 Å². The van der Waals surface area contributed by atoms with Crippen LogP contribution >= 0.6 is 0 Å². The average Bonchev–Trinajstić information content (AvgIpc) is 2.83. The van der Waals surface area contributed by atoms with E-state index in [1.54, 1.807) is 0 Å². The third-order valence-electron chi connectivity index (χ3n) is 7.07. The van der Waals surface area contributed by atoms with Crippen LogP contribution in [0.3, 0.4) is 0 Å². The number of likely N-dealkylation sites (tertiary alicyclic amines) is 1. The minimum atomic E-state index is 0.731. The molecule has 3 nitrogen and oxygen atoms in total. The van der Waals surface area contributed by atoms with Crippen molar-refractivity contribution >= 4 is 10.9 Å². The van der Waals surface area contributed by atoms with Gasteiger partial charge in [0.25, 0.3) is 0 Å². The number of piperidine rings is 2. The van der Waals surface area contributed by atoms with Crippen LogP contribution in [0.1, 0.15) is 44.1 Å². The van der Waals surface area contributed by atoms with Gasteiger partial charge in [-0.3, -0.25) is 4.90 Å². The molecule has 0 bridgehead atoms. The average molecular weight is 400 g/mol. The van der Waals surface area contributed by atoms with E-state index in [0.29, 0.717) is 0 Å². The van der Waals surface area contributed by atoms with Crippen molar-refractivity contribution in [1.82, 2.24) is 15.2 Å². The summed E-state index contributed by atoms with van der Waals surface area (Å²) in [6, 6.07) is 23.1. The van der Waals surface area contributed by atoms with Gasteiger partial charge < -0.3 is 5.32 Å². The fraction of sp³-hybridized carbons (Fsp3) is 0.444. The van der Waals surface area contributed by atoms with Gasteiger partial charge in [0.15, 0.2) is 0 Å². The van der Waals surface area contributed by atoms with E-state index < -0.39 is 0 Å². The second-order valence-electron chi connectivity index (χ2n) is 8.96. The SMILES string of the molecule is c1ccc(-c2cc(CCC3CCCCN3C3CCNCC3)c3ccccc3n2)cc1. The number of para-hydroxylation sites is 1. The molecule has 0 saturated carbocycles. The molecular weight excluding hydrogens is 366 g/mol. The Morgan fingerprint density at radius 2 is 1.70 bits per heavy atom. The van der Waals surface area contributed by atoms with Gasteiger partial charge in [0.05, 0.1) is 11.2 Å². The Morgan fingerprint density at radius 1 is 0.900 bits per heavy atom. The van der Waals surface area contributed by atoms with E-state index in [2.05, 4.69) is 70.9 Å². The van der Waals surface area contributed by atoms with Crippen molar-refractivity contribution in [3.05, 3.63) is 66.2 Å². The van der Waals surface area contributed by atoms with Crippen LogP contribution in [0.2, 0.25) is 0 Å². The summed E-state index contributed by atoms with van der Waals surface area (Å²) in [4.78, 5) is 7.84. The van der Waals surface area contributed by atoms with Crippen molar-refractivity contribution in [2.24, 2.45) is 0 Å². The number of fused-ring (bicyclic) bond motifs is 1. The summed E-state index contributed by atoms with van der Waals surface area (Å²) in [6.45, 7) is 3.66. The highest BCUT2D eigenvalue weighted by molar-refractivity contribution is 5.85. The fourth-order valence-corrected chi connectivity index (χ4v) is 5.49. The molecule has 5 rings (SSSR count). The minimum absolute atomic E-state index is 0.731. The maximum Gasteiger partial charge on any atom is 0.0712 e. The number of rotatable bonds is 5. The lowest BCUT2D eigenvalue weighted by Crippen LogP contribution is -2.50. The van der Waals surface area contributed by atoms with Crippen molar-refractivity contribution in [3.63, 3.8) is 0 Å². The van der Waals surface area contributed by atoms with Gasteiger partial charge in [-0.2, -0.15) is 0 Å². The molecule has 2 saturated heterocycles. The molecule has 156 valence electrons. The molecule has 0 amide bonds. The van der Waals surface area contributed by atoms with E-state index in [9.17, 15) is 0 Å². The van der Waals surface area contributed by atoms with Crippen molar-refractivity contribution in [3.8, 4) is 11.3 Å². The normalized spacial score (nSPS) is 21.1. The van der Waals surface area contributed by atoms with Crippen LogP contribution in [0, 0.1) is 0 Å². The highest BCUT2D eigenvalue weighted by Crippen LogP contribution is 2.30. The van der Waals surface area contributed by atoms with E-state index in [-0.39, 0.29) is 0 Å². The molecule has 0 aliphatic carbocycles. The molecule has 0 spiro atoms. The summed E-state index contributed by atoms with van der Waals surface area (Å²) < 4.78 is 0. The number of pyridine rings is 1. The largest absolute Gasteiger partial charge is 0.317 e. The molecular formula is C27H33N3. The van der Waals surface area contributed by atoms with Gasteiger partial charge >= 0.3 is 0 Å². The molecule has 2 aromatic carbocycles. The third kappa shape index (κ3) is 4.28. The van der Waals surface area contributed by atoms with Crippen LogP contribution in [0.4, 0.5) is 0 Å². The lowest BCUT2D eigenvalue weighted by Gasteiger charge is -2.43. The third-order valence-corrected chi connectivity index (χ3v) is 7.07. The predicted molar refractivity (Wildman–Crippen MR) is 126 cm³/mol. The highest BCUT2D eigenvalue weighted by atomic mass is 15.2.